The van der Waals surface area contributed by atoms with Crippen molar-refractivity contribution in [3.63, 3.8) is 0 Å². The van der Waals surface area contributed by atoms with Gasteiger partial charge in [-0.15, -0.1) is 0 Å². The standard InChI is InChI=1S/C10H18N2O/c1-7-3-2-4-12(6-7)10(13)8-5-9(8)11/h7-9H,2-6,11H2,1H3. The molecule has 1 aliphatic carbocycles. The predicted octanol–water partition coefficient (Wildman–Crippen LogP) is 0.592. The molecule has 1 aliphatic heterocycles. The van der Waals surface area contributed by atoms with Crippen LogP contribution in [0.2, 0.25) is 0 Å². The van der Waals surface area contributed by atoms with Gasteiger partial charge in [-0.1, -0.05) is 6.92 Å². The lowest BCUT2D eigenvalue weighted by Gasteiger charge is -2.31. The molecule has 0 aromatic carbocycles. The third kappa shape index (κ3) is 1.85. The summed E-state index contributed by atoms with van der Waals surface area (Å²) in [6, 6.07) is 0.157. The first-order chi connectivity index (χ1) is 6.18. The Morgan fingerprint density at radius 3 is 2.77 bits per heavy atom. The molecule has 1 saturated carbocycles. The van der Waals surface area contributed by atoms with Gasteiger partial charge in [0, 0.05) is 19.1 Å². The second-order valence-electron chi connectivity index (χ2n) is 4.54. The molecule has 2 N–H and O–H groups in total. The number of carbonyl (C=O) groups excluding carboxylic acids is 1. The van der Waals surface area contributed by atoms with Crippen molar-refractivity contribution in [2.75, 3.05) is 13.1 Å². The smallest absolute Gasteiger partial charge is 0.227 e. The van der Waals surface area contributed by atoms with Crippen LogP contribution in [0.15, 0.2) is 0 Å². The second kappa shape index (κ2) is 3.29. The van der Waals surface area contributed by atoms with Gasteiger partial charge in [-0.3, -0.25) is 4.79 Å². The van der Waals surface area contributed by atoms with E-state index in [2.05, 4.69) is 6.92 Å². The van der Waals surface area contributed by atoms with Crippen LogP contribution < -0.4 is 5.73 Å². The van der Waals surface area contributed by atoms with E-state index in [1.54, 1.807) is 0 Å². The van der Waals surface area contributed by atoms with Gasteiger partial charge in [0.1, 0.15) is 0 Å². The fourth-order valence-corrected chi connectivity index (χ4v) is 2.12. The maximum Gasteiger partial charge on any atom is 0.227 e. The van der Waals surface area contributed by atoms with Gasteiger partial charge in [-0.2, -0.15) is 0 Å². The Morgan fingerprint density at radius 2 is 2.23 bits per heavy atom. The van der Waals surface area contributed by atoms with Gasteiger partial charge >= 0.3 is 0 Å². The number of carbonyl (C=O) groups is 1. The van der Waals surface area contributed by atoms with Crippen molar-refractivity contribution in [3.05, 3.63) is 0 Å². The number of amides is 1. The summed E-state index contributed by atoms with van der Waals surface area (Å²) in [5, 5.41) is 0. The number of piperidine rings is 1. The fraction of sp³-hybridized carbons (Fsp3) is 0.900. The summed E-state index contributed by atoms with van der Waals surface area (Å²) < 4.78 is 0. The Bertz CT molecular complexity index is 217. The van der Waals surface area contributed by atoms with Gasteiger partial charge in [0.15, 0.2) is 0 Å². The van der Waals surface area contributed by atoms with E-state index in [1.807, 2.05) is 4.90 Å². The highest BCUT2D eigenvalue weighted by Crippen LogP contribution is 2.31. The molecule has 1 saturated heterocycles. The second-order valence-corrected chi connectivity index (χ2v) is 4.54. The molecule has 0 aromatic heterocycles. The highest BCUT2D eigenvalue weighted by molar-refractivity contribution is 5.82. The highest BCUT2D eigenvalue weighted by Gasteiger charge is 2.42. The summed E-state index contributed by atoms with van der Waals surface area (Å²) >= 11 is 0. The Labute approximate surface area is 79.3 Å². The van der Waals surface area contributed by atoms with E-state index < -0.39 is 0 Å². The molecule has 0 spiro atoms. The van der Waals surface area contributed by atoms with Crippen LogP contribution in [0.3, 0.4) is 0 Å². The molecule has 0 aromatic rings. The molecule has 3 nitrogen and oxygen atoms in total. The first-order valence-electron chi connectivity index (χ1n) is 5.23. The average Bonchev–Trinajstić information content (AvgIpc) is 2.81. The zero-order chi connectivity index (χ0) is 9.42. The van der Waals surface area contributed by atoms with E-state index in [1.165, 1.54) is 6.42 Å². The number of hydrogen-bond donors (Lipinski definition) is 1. The van der Waals surface area contributed by atoms with Crippen molar-refractivity contribution < 1.29 is 4.79 Å². The maximum atomic E-state index is 11.8. The molecule has 0 bridgehead atoms. The van der Waals surface area contributed by atoms with E-state index in [0.29, 0.717) is 11.8 Å². The first-order valence-corrected chi connectivity index (χ1v) is 5.23. The van der Waals surface area contributed by atoms with Crippen LogP contribution in [0, 0.1) is 11.8 Å². The highest BCUT2D eigenvalue weighted by atomic mass is 16.2. The summed E-state index contributed by atoms with van der Waals surface area (Å²) in [4.78, 5) is 13.8. The molecule has 2 rings (SSSR count). The summed E-state index contributed by atoms with van der Waals surface area (Å²) in [6.45, 7) is 4.11. The number of likely N-dealkylation sites (tertiary alicyclic amines) is 1. The molecule has 1 heterocycles. The van der Waals surface area contributed by atoms with Gasteiger partial charge < -0.3 is 10.6 Å². The minimum Gasteiger partial charge on any atom is -0.342 e. The maximum absolute atomic E-state index is 11.8. The first kappa shape index (κ1) is 9.00. The van der Waals surface area contributed by atoms with Crippen molar-refractivity contribution in [2.24, 2.45) is 17.6 Å². The molecule has 1 amide bonds. The zero-order valence-corrected chi connectivity index (χ0v) is 8.20. The van der Waals surface area contributed by atoms with Crippen LogP contribution in [0.1, 0.15) is 26.2 Å². The summed E-state index contributed by atoms with van der Waals surface area (Å²) in [7, 11) is 0. The van der Waals surface area contributed by atoms with Crippen molar-refractivity contribution >= 4 is 5.91 Å². The van der Waals surface area contributed by atoms with Gasteiger partial charge in [0.25, 0.3) is 0 Å². The molecule has 2 fully saturated rings. The van der Waals surface area contributed by atoms with Crippen LogP contribution in [0.25, 0.3) is 0 Å². The predicted molar refractivity (Wildman–Crippen MR) is 51.1 cm³/mol. The normalized spacial score (nSPS) is 38.9. The summed E-state index contributed by atoms with van der Waals surface area (Å²) in [5.41, 5.74) is 5.66. The lowest BCUT2D eigenvalue weighted by atomic mass is 10.00. The van der Waals surface area contributed by atoms with Crippen LogP contribution in [-0.4, -0.2) is 29.9 Å². The largest absolute Gasteiger partial charge is 0.342 e. The van der Waals surface area contributed by atoms with Crippen LogP contribution in [-0.2, 0) is 4.79 Å². The molecule has 3 unspecified atom stereocenters. The molecular formula is C10H18N2O. The Hall–Kier alpha value is -0.570. The quantitative estimate of drug-likeness (QED) is 0.645. The van der Waals surface area contributed by atoms with Crippen molar-refractivity contribution in [1.82, 2.24) is 4.90 Å². The third-order valence-corrected chi connectivity index (χ3v) is 3.13. The van der Waals surface area contributed by atoms with Crippen LogP contribution in [0.4, 0.5) is 0 Å². The van der Waals surface area contributed by atoms with Crippen molar-refractivity contribution in [3.8, 4) is 0 Å². The number of nitrogens with two attached hydrogens (primary N) is 1. The van der Waals surface area contributed by atoms with E-state index >= 15 is 0 Å². The molecule has 0 radical (unpaired) electrons. The molecular weight excluding hydrogens is 164 g/mol. The monoisotopic (exact) mass is 182 g/mol. The topological polar surface area (TPSA) is 46.3 Å². The average molecular weight is 182 g/mol. The SMILES string of the molecule is CC1CCCN(C(=O)C2CC2N)C1. The number of hydrogen-bond acceptors (Lipinski definition) is 2. The minimum atomic E-state index is 0.157. The van der Waals surface area contributed by atoms with E-state index in [-0.39, 0.29) is 12.0 Å². The van der Waals surface area contributed by atoms with Crippen molar-refractivity contribution in [2.45, 2.75) is 32.2 Å². The Kier molecular flexibility index (Phi) is 2.28. The lowest BCUT2D eigenvalue weighted by molar-refractivity contribution is -0.134. The van der Waals surface area contributed by atoms with Crippen LogP contribution >= 0.6 is 0 Å². The molecule has 13 heavy (non-hydrogen) atoms. The molecule has 3 atom stereocenters. The van der Waals surface area contributed by atoms with Crippen molar-refractivity contribution in [1.29, 1.82) is 0 Å². The number of rotatable bonds is 1. The van der Waals surface area contributed by atoms with Gasteiger partial charge in [-0.25, -0.2) is 0 Å². The van der Waals surface area contributed by atoms with E-state index in [0.717, 1.165) is 25.9 Å². The van der Waals surface area contributed by atoms with E-state index in [4.69, 9.17) is 5.73 Å². The minimum absolute atomic E-state index is 0.157. The van der Waals surface area contributed by atoms with Gasteiger partial charge in [0.05, 0.1) is 5.92 Å². The molecule has 3 heteroatoms. The Morgan fingerprint density at radius 1 is 1.54 bits per heavy atom. The summed E-state index contributed by atoms with van der Waals surface area (Å²) in [5.74, 6) is 1.14. The van der Waals surface area contributed by atoms with Gasteiger partial charge in [-0.05, 0) is 25.2 Å². The summed E-state index contributed by atoms with van der Waals surface area (Å²) in [6.07, 6.45) is 3.33. The third-order valence-electron chi connectivity index (χ3n) is 3.13. The van der Waals surface area contributed by atoms with Crippen LogP contribution in [0.5, 0.6) is 0 Å². The van der Waals surface area contributed by atoms with E-state index in [9.17, 15) is 4.79 Å². The fourth-order valence-electron chi connectivity index (χ4n) is 2.12. The number of nitrogens with zero attached hydrogens (tertiary/aromatic N) is 1. The lowest BCUT2D eigenvalue weighted by Crippen LogP contribution is -2.40. The molecule has 2 aliphatic rings. The zero-order valence-electron chi connectivity index (χ0n) is 8.20. The Balaban J connectivity index is 1.88. The molecule has 74 valence electrons. The van der Waals surface area contributed by atoms with Gasteiger partial charge in [0.2, 0.25) is 5.91 Å².